The number of anilines is 1. The molecule has 112 valence electrons. The fourth-order valence-corrected chi connectivity index (χ4v) is 2.41. The third-order valence-corrected chi connectivity index (χ3v) is 3.93. The third kappa shape index (κ3) is 3.48. The zero-order chi connectivity index (χ0) is 15.6. The van der Waals surface area contributed by atoms with Crippen molar-refractivity contribution in [1.82, 2.24) is 25.2 Å². The lowest BCUT2D eigenvalue weighted by Crippen LogP contribution is -2.20. The minimum atomic E-state index is -0.287. The van der Waals surface area contributed by atoms with Crippen LogP contribution in [0, 0.1) is 6.92 Å². The van der Waals surface area contributed by atoms with Gasteiger partial charge < -0.3 is 0 Å². The van der Waals surface area contributed by atoms with Gasteiger partial charge in [-0.3, -0.25) is 14.9 Å². The lowest BCUT2D eigenvalue weighted by atomic mass is 10.2. The number of aromatic nitrogens is 5. The molecule has 0 saturated heterocycles. The quantitative estimate of drug-likeness (QED) is 0.838. The molecule has 0 spiro atoms. The van der Waals surface area contributed by atoms with Gasteiger partial charge in [0.05, 0.1) is 5.69 Å². The van der Waals surface area contributed by atoms with Crippen LogP contribution in [0.3, 0.4) is 0 Å². The van der Waals surface area contributed by atoms with Gasteiger partial charge in [0.2, 0.25) is 11.0 Å². The number of nitrogens with zero attached hydrogens (tertiary/aromatic N) is 5. The highest BCUT2D eigenvalue weighted by molar-refractivity contribution is 7.15. The monoisotopic (exact) mass is 308 g/mol. The number of amides is 1. The first-order valence-electron chi connectivity index (χ1n) is 6.42. The van der Waals surface area contributed by atoms with Gasteiger partial charge in [-0.25, -0.2) is 4.68 Å². The average Bonchev–Trinajstić information content (AvgIpc) is 2.98. The lowest BCUT2D eigenvalue weighted by Gasteiger charge is -2.03. The lowest BCUT2D eigenvalue weighted by molar-refractivity contribution is -0.117. The van der Waals surface area contributed by atoms with Crippen molar-refractivity contribution in [3.63, 3.8) is 0 Å². The molecular formula is C12H16N6O2S. The molecule has 0 aliphatic heterocycles. The molecule has 1 amide bonds. The first-order chi connectivity index (χ1) is 9.88. The van der Waals surface area contributed by atoms with Gasteiger partial charge in [-0.05, 0) is 6.92 Å². The molecule has 0 aliphatic carbocycles. The van der Waals surface area contributed by atoms with Gasteiger partial charge in [0.15, 0.2) is 11.5 Å². The van der Waals surface area contributed by atoms with Crippen LogP contribution in [0.25, 0.3) is 0 Å². The molecular weight excluding hydrogens is 292 g/mol. The Labute approximate surface area is 125 Å². The summed E-state index contributed by atoms with van der Waals surface area (Å²) in [6.07, 6.45) is 0. The van der Waals surface area contributed by atoms with E-state index in [4.69, 9.17) is 0 Å². The molecule has 0 aromatic carbocycles. The van der Waals surface area contributed by atoms with E-state index in [-0.39, 0.29) is 29.8 Å². The Morgan fingerprint density at radius 3 is 2.52 bits per heavy atom. The molecule has 0 atom stereocenters. The van der Waals surface area contributed by atoms with Crippen LogP contribution in [0.2, 0.25) is 0 Å². The summed E-state index contributed by atoms with van der Waals surface area (Å²) in [5.74, 6) is -0.196. The second-order valence-corrected chi connectivity index (χ2v) is 5.89. The fraction of sp³-hybridized carbons (Fsp3) is 0.500. The van der Waals surface area contributed by atoms with Gasteiger partial charge >= 0.3 is 0 Å². The third-order valence-electron chi connectivity index (χ3n) is 2.79. The molecule has 9 heteroatoms. The molecule has 2 aromatic rings. The van der Waals surface area contributed by atoms with Crippen LogP contribution in [-0.2, 0) is 11.3 Å². The molecule has 0 aliphatic rings. The summed E-state index contributed by atoms with van der Waals surface area (Å²) in [7, 11) is 0. The molecule has 0 saturated carbocycles. The summed E-state index contributed by atoms with van der Waals surface area (Å²) in [5, 5.41) is 19.5. The second-order valence-electron chi connectivity index (χ2n) is 4.89. The number of carbonyl (C=O) groups excluding carboxylic acids is 2. The van der Waals surface area contributed by atoms with E-state index in [9.17, 15) is 9.59 Å². The van der Waals surface area contributed by atoms with Gasteiger partial charge in [0.25, 0.3) is 0 Å². The van der Waals surface area contributed by atoms with E-state index in [1.165, 1.54) is 22.9 Å². The van der Waals surface area contributed by atoms with E-state index in [0.717, 1.165) is 5.01 Å². The molecule has 2 rings (SSSR count). The second kappa shape index (κ2) is 6.08. The Hall–Kier alpha value is -2.16. The van der Waals surface area contributed by atoms with E-state index >= 15 is 0 Å². The van der Waals surface area contributed by atoms with Gasteiger partial charge in [0.1, 0.15) is 11.6 Å². The van der Waals surface area contributed by atoms with E-state index in [2.05, 4.69) is 25.8 Å². The van der Waals surface area contributed by atoms with Gasteiger partial charge in [-0.2, -0.15) is 0 Å². The Morgan fingerprint density at radius 2 is 2.00 bits per heavy atom. The highest BCUT2D eigenvalue weighted by Crippen LogP contribution is 2.22. The van der Waals surface area contributed by atoms with Gasteiger partial charge in [-0.15, -0.1) is 15.3 Å². The minimum Gasteiger partial charge on any atom is -0.299 e. The predicted octanol–water partition coefficient (Wildman–Crippen LogP) is 1.40. The van der Waals surface area contributed by atoms with Crippen molar-refractivity contribution < 1.29 is 9.59 Å². The van der Waals surface area contributed by atoms with E-state index in [0.29, 0.717) is 10.8 Å². The number of carbonyl (C=O) groups is 2. The highest BCUT2D eigenvalue weighted by atomic mass is 32.1. The summed E-state index contributed by atoms with van der Waals surface area (Å²) in [4.78, 5) is 23.2. The maximum absolute atomic E-state index is 11.9. The summed E-state index contributed by atoms with van der Waals surface area (Å²) < 4.78 is 1.39. The largest absolute Gasteiger partial charge is 0.299 e. The number of nitrogens with one attached hydrogen (secondary N) is 1. The predicted molar refractivity (Wildman–Crippen MR) is 77.4 cm³/mol. The first-order valence-corrected chi connectivity index (χ1v) is 7.24. The molecule has 0 unspecified atom stereocenters. The van der Waals surface area contributed by atoms with Crippen LogP contribution >= 0.6 is 11.3 Å². The normalized spacial score (nSPS) is 10.9. The van der Waals surface area contributed by atoms with Crippen LogP contribution in [0.5, 0.6) is 0 Å². The Kier molecular flexibility index (Phi) is 4.41. The Bertz CT molecular complexity index is 675. The standard InChI is InChI=1S/C12H16N6O2S/c1-6(2)11-15-16-12(21-11)13-9(20)5-18-7(3)10(8(4)19)14-17-18/h6H,5H2,1-4H3,(H,13,16,20). The topological polar surface area (TPSA) is 103 Å². The van der Waals surface area contributed by atoms with Crippen molar-refractivity contribution in [3.8, 4) is 0 Å². The van der Waals surface area contributed by atoms with Crippen molar-refractivity contribution in [2.24, 2.45) is 0 Å². The maximum Gasteiger partial charge on any atom is 0.248 e. The number of hydrogen-bond donors (Lipinski definition) is 1. The van der Waals surface area contributed by atoms with Crippen LogP contribution in [0.15, 0.2) is 0 Å². The molecule has 0 bridgehead atoms. The summed E-state index contributed by atoms with van der Waals surface area (Å²) in [6.45, 7) is 7.10. The van der Waals surface area contributed by atoms with Crippen LogP contribution < -0.4 is 5.32 Å². The van der Waals surface area contributed by atoms with E-state index in [1.54, 1.807) is 6.92 Å². The molecule has 21 heavy (non-hydrogen) atoms. The molecule has 0 radical (unpaired) electrons. The minimum absolute atomic E-state index is 0.0251. The van der Waals surface area contributed by atoms with Crippen molar-refractivity contribution >= 4 is 28.2 Å². The van der Waals surface area contributed by atoms with E-state index < -0.39 is 0 Å². The average molecular weight is 308 g/mol. The molecule has 2 aromatic heterocycles. The first kappa shape index (κ1) is 15.2. The van der Waals surface area contributed by atoms with Crippen molar-refractivity contribution in [3.05, 3.63) is 16.4 Å². The SMILES string of the molecule is CC(=O)c1nnn(CC(=O)Nc2nnc(C(C)C)s2)c1C. The molecule has 2 heterocycles. The summed E-state index contributed by atoms with van der Waals surface area (Å²) in [5.41, 5.74) is 0.846. The molecule has 8 nitrogen and oxygen atoms in total. The van der Waals surface area contributed by atoms with Crippen molar-refractivity contribution in [1.29, 1.82) is 0 Å². The molecule has 1 N–H and O–H groups in total. The molecule has 0 fully saturated rings. The highest BCUT2D eigenvalue weighted by Gasteiger charge is 2.16. The van der Waals surface area contributed by atoms with E-state index in [1.807, 2.05) is 13.8 Å². The maximum atomic E-state index is 11.9. The van der Waals surface area contributed by atoms with Crippen LogP contribution in [0.4, 0.5) is 5.13 Å². The number of hydrogen-bond acceptors (Lipinski definition) is 7. The van der Waals surface area contributed by atoms with Crippen molar-refractivity contribution in [2.75, 3.05) is 5.32 Å². The number of ketones is 1. The van der Waals surface area contributed by atoms with Gasteiger partial charge in [-0.1, -0.05) is 30.4 Å². The smallest absolute Gasteiger partial charge is 0.248 e. The summed E-state index contributed by atoms with van der Waals surface area (Å²) >= 11 is 1.34. The summed E-state index contributed by atoms with van der Waals surface area (Å²) in [6, 6.07) is 0. The zero-order valence-electron chi connectivity index (χ0n) is 12.2. The van der Waals surface area contributed by atoms with Crippen molar-refractivity contribution in [2.45, 2.75) is 40.2 Å². The Morgan fingerprint density at radius 1 is 1.29 bits per heavy atom. The number of rotatable bonds is 5. The number of Topliss-reactive ketones (excluding diaryl/α,β-unsaturated/α-hetero) is 1. The zero-order valence-corrected chi connectivity index (χ0v) is 13.1. The van der Waals surface area contributed by atoms with Gasteiger partial charge in [0, 0.05) is 12.8 Å². The fourth-order valence-electron chi connectivity index (χ4n) is 1.65. The Balaban J connectivity index is 2.03. The van der Waals surface area contributed by atoms with Crippen LogP contribution in [0.1, 0.15) is 47.9 Å². The van der Waals surface area contributed by atoms with Crippen LogP contribution in [-0.4, -0.2) is 36.9 Å².